The first-order valence-electron chi connectivity index (χ1n) is 6.76. The Morgan fingerprint density at radius 3 is 2.53 bits per heavy atom. The maximum Gasteiger partial charge on any atom is 0.211 e. The SMILES string of the molecule is CCCC(N)CNS(=O)(=O)CC1CCCCC1. The molecule has 1 rings (SSSR count). The second kappa shape index (κ2) is 7.34. The number of nitrogens with two attached hydrogens (primary N) is 1. The van der Waals surface area contributed by atoms with Crippen molar-refractivity contribution in [1.29, 1.82) is 0 Å². The van der Waals surface area contributed by atoms with Crippen LogP contribution >= 0.6 is 0 Å². The lowest BCUT2D eigenvalue weighted by Gasteiger charge is -2.21. The van der Waals surface area contributed by atoms with Gasteiger partial charge in [-0.15, -0.1) is 0 Å². The number of sulfonamides is 1. The maximum atomic E-state index is 11.8. The van der Waals surface area contributed by atoms with Crippen LogP contribution in [0.4, 0.5) is 0 Å². The lowest BCUT2D eigenvalue weighted by molar-refractivity contribution is 0.383. The van der Waals surface area contributed by atoms with Crippen molar-refractivity contribution in [2.24, 2.45) is 11.7 Å². The topological polar surface area (TPSA) is 72.2 Å². The number of hydrogen-bond acceptors (Lipinski definition) is 3. The van der Waals surface area contributed by atoms with Gasteiger partial charge in [0.05, 0.1) is 5.75 Å². The van der Waals surface area contributed by atoms with E-state index < -0.39 is 10.0 Å². The minimum absolute atomic E-state index is 0.0545. The molecule has 0 amide bonds. The van der Waals surface area contributed by atoms with Gasteiger partial charge in [-0.3, -0.25) is 0 Å². The van der Waals surface area contributed by atoms with E-state index in [2.05, 4.69) is 11.6 Å². The Morgan fingerprint density at radius 1 is 1.29 bits per heavy atom. The van der Waals surface area contributed by atoms with Crippen LogP contribution in [0.1, 0.15) is 51.9 Å². The lowest BCUT2D eigenvalue weighted by Crippen LogP contribution is -2.39. The third kappa shape index (κ3) is 6.38. The summed E-state index contributed by atoms with van der Waals surface area (Å²) in [5.74, 6) is 0.634. The van der Waals surface area contributed by atoms with Crippen molar-refractivity contribution in [1.82, 2.24) is 4.72 Å². The molecule has 0 aromatic heterocycles. The van der Waals surface area contributed by atoms with Gasteiger partial charge in [0.15, 0.2) is 0 Å². The highest BCUT2D eigenvalue weighted by Crippen LogP contribution is 2.24. The molecule has 0 saturated heterocycles. The van der Waals surface area contributed by atoms with E-state index in [1.807, 2.05) is 0 Å². The van der Waals surface area contributed by atoms with Crippen molar-refractivity contribution >= 4 is 10.0 Å². The fourth-order valence-electron chi connectivity index (χ4n) is 2.43. The summed E-state index contributed by atoms with van der Waals surface area (Å²) in [6.45, 7) is 2.43. The normalized spacial score (nSPS) is 20.4. The molecule has 1 atom stereocenters. The summed E-state index contributed by atoms with van der Waals surface area (Å²) in [5.41, 5.74) is 5.80. The number of hydrogen-bond donors (Lipinski definition) is 2. The van der Waals surface area contributed by atoms with Crippen LogP contribution in [0.2, 0.25) is 0 Å². The van der Waals surface area contributed by atoms with Gasteiger partial charge in [0.2, 0.25) is 10.0 Å². The van der Waals surface area contributed by atoms with Crippen molar-refractivity contribution in [3.63, 3.8) is 0 Å². The van der Waals surface area contributed by atoms with Crippen LogP contribution in [0, 0.1) is 5.92 Å². The van der Waals surface area contributed by atoms with Crippen molar-refractivity contribution in [2.45, 2.75) is 57.9 Å². The molecule has 1 fully saturated rings. The van der Waals surface area contributed by atoms with Gasteiger partial charge in [0.25, 0.3) is 0 Å². The van der Waals surface area contributed by atoms with Crippen LogP contribution in [0.3, 0.4) is 0 Å². The van der Waals surface area contributed by atoms with Crippen LogP contribution in [-0.4, -0.2) is 26.8 Å². The zero-order valence-corrected chi connectivity index (χ0v) is 11.6. The quantitative estimate of drug-likeness (QED) is 0.732. The van der Waals surface area contributed by atoms with E-state index >= 15 is 0 Å². The van der Waals surface area contributed by atoms with Gasteiger partial charge in [0.1, 0.15) is 0 Å². The zero-order chi connectivity index (χ0) is 12.7. The maximum absolute atomic E-state index is 11.8. The minimum Gasteiger partial charge on any atom is -0.327 e. The van der Waals surface area contributed by atoms with E-state index in [-0.39, 0.29) is 11.8 Å². The van der Waals surface area contributed by atoms with E-state index in [0.717, 1.165) is 25.7 Å². The molecular formula is C12H26N2O2S. The Labute approximate surface area is 105 Å². The molecule has 1 saturated carbocycles. The summed E-state index contributed by atoms with van der Waals surface area (Å²) in [5, 5.41) is 0. The Balaban J connectivity index is 2.29. The molecule has 0 aromatic rings. The monoisotopic (exact) mass is 262 g/mol. The predicted octanol–water partition coefficient (Wildman–Crippen LogP) is 1.61. The third-order valence-corrected chi connectivity index (χ3v) is 4.92. The van der Waals surface area contributed by atoms with Crippen LogP contribution in [0.15, 0.2) is 0 Å². The average Bonchev–Trinajstić information content (AvgIpc) is 2.28. The molecule has 3 N–H and O–H groups in total. The summed E-state index contributed by atoms with van der Waals surface area (Å²) in [6, 6.07) is -0.0545. The molecule has 5 heteroatoms. The lowest BCUT2D eigenvalue weighted by atomic mass is 9.91. The van der Waals surface area contributed by atoms with Gasteiger partial charge >= 0.3 is 0 Å². The number of rotatable bonds is 7. The molecule has 1 aliphatic carbocycles. The molecule has 0 spiro atoms. The first kappa shape index (κ1) is 14.9. The second-order valence-electron chi connectivity index (χ2n) is 5.18. The van der Waals surface area contributed by atoms with Gasteiger partial charge < -0.3 is 5.73 Å². The molecular weight excluding hydrogens is 236 g/mol. The molecule has 17 heavy (non-hydrogen) atoms. The smallest absolute Gasteiger partial charge is 0.211 e. The Kier molecular flexibility index (Phi) is 6.44. The first-order valence-corrected chi connectivity index (χ1v) is 8.41. The largest absolute Gasteiger partial charge is 0.327 e. The second-order valence-corrected chi connectivity index (χ2v) is 7.03. The highest BCUT2D eigenvalue weighted by Gasteiger charge is 2.21. The minimum atomic E-state index is -3.12. The van der Waals surface area contributed by atoms with Crippen molar-refractivity contribution in [2.75, 3.05) is 12.3 Å². The van der Waals surface area contributed by atoms with Crippen LogP contribution < -0.4 is 10.5 Å². The molecule has 0 aliphatic heterocycles. The molecule has 102 valence electrons. The third-order valence-electron chi connectivity index (χ3n) is 3.40. The molecule has 1 aliphatic rings. The van der Waals surface area contributed by atoms with Gasteiger partial charge in [-0.25, -0.2) is 13.1 Å². The van der Waals surface area contributed by atoms with Crippen molar-refractivity contribution in [3.8, 4) is 0 Å². The standard InChI is InChI=1S/C12H26N2O2S/c1-2-6-12(13)9-14-17(15,16)10-11-7-4-3-5-8-11/h11-12,14H,2-10,13H2,1H3. The molecule has 0 bridgehead atoms. The average molecular weight is 262 g/mol. The van der Waals surface area contributed by atoms with E-state index in [9.17, 15) is 8.42 Å². The van der Waals surface area contributed by atoms with E-state index in [1.165, 1.54) is 19.3 Å². The summed E-state index contributed by atoms with van der Waals surface area (Å²) >= 11 is 0. The van der Waals surface area contributed by atoms with Crippen LogP contribution in [-0.2, 0) is 10.0 Å². The van der Waals surface area contributed by atoms with Gasteiger partial charge in [0, 0.05) is 12.6 Å². The predicted molar refractivity (Wildman–Crippen MR) is 71.2 cm³/mol. The summed E-state index contributed by atoms with van der Waals surface area (Å²) in [6.07, 6.45) is 7.58. The summed E-state index contributed by atoms with van der Waals surface area (Å²) in [4.78, 5) is 0. The van der Waals surface area contributed by atoms with Crippen molar-refractivity contribution in [3.05, 3.63) is 0 Å². The van der Waals surface area contributed by atoms with Crippen LogP contribution in [0.25, 0.3) is 0 Å². The zero-order valence-electron chi connectivity index (χ0n) is 10.8. The van der Waals surface area contributed by atoms with Gasteiger partial charge in [-0.05, 0) is 25.2 Å². The summed E-state index contributed by atoms with van der Waals surface area (Å²) in [7, 11) is -3.12. The Bertz CT molecular complexity index is 298. The van der Waals surface area contributed by atoms with E-state index in [4.69, 9.17) is 5.73 Å². The molecule has 1 unspecified atom stereocenters. The highest BCUT2D eigenvalue weighted by atomic mass is 32.2. The highest BCUT2D eigenvalue weighted by molar-refractivity contribution is 7.89. The van der Waals surface area contributed by atoms with Crippen LogP contribution in [0.5, 0.6) is 0 Å². The first-order chi connectivity index (χ1) is 8.03. The Hall–Kier alpha value is -0.130. The molecule has 0 heterocycles. The number of nitrogens with one attached hydrogen (secondary N) is 1. The van der Waals surface area contributed by atoms with Gasteiger partial charge in [-0.1, -0.05) is 32.6 Å². The van der Waals surface area contributed by atoms with E-state index in [1.54, 1.807) is 0 Å². The molecule has 4 nitrogen and oxygen atoms in total. The van der Waals surface area contributed by atoms with E-state index in [0.29, 0.717) is 12.5 Å². The fourth-order valence-corrected chi connectivity index (χ4v) is 3.97. The summed E-state index contributed by atoms with van der Waals surface area (Å²) < 4.78 is 26.3. The molecule has 0 radical (unpaired) electrons. The van der Waals surface area contributed by atoms with Crippen molar-refractivity contribution < 1.29 is 8.42 Å². The Morgan fingerprint density at radius 2 is 1.94 bits per heavy atom. The van der Waals surface area contributed by atoms with Gasteiger partial charge in [-0.2, -0.15) is 0 Å². The molecule has 0 aromatic carbocycles. The fraction of sp³-hybridized carbons (Fsp3) is 1.00.